The minimum atomic E-state index is 0.556. The fourth-order valence-corrected chi connectivity index (χ4v) is 3.71. The highest BCUT2D eigenvalue weighted by Crippen LogP contribution is 2.29. The van der Waals surface area contributed by atoms with Gasteiger partial charge >= 0.3 is 0 Å². The molecular weight excluding hydrogens is 334 g/mol. The van der Waals surface area contributed by atoms with E-state index in [1.165, 1.54) is 50.5 Å². The summed E-state index contributed by atoms with van der Waals surface area (Å²) in [5.74, 6) is 1.65. The molecule has 146 valence electrons. The van der Waals surface area contributed by atoms with Gasteiger partial charge < -0.3 is 14.8 Å². The molecule has 3 rings (SSSR count). The number of hydrogen-bond acceptors (Lipinski definition) is 3. The molecule has 0 atom stereocenters. The number of benzene rings is 2. The zero-order valence-corrected chi connectivity index (χ0v) is 16.6. The van der Waals surface area contributed by atoms with Gasteiger partial charge in [-0.15, -0.1) is 0 Å². The summed E-state index contributed by atoms with van der Waals surface area (Å²) in [6.45, 7) is 4.10. The number of nitrogens with one attached hydrogen (secondary N) is 1. The van der Waals surface area contributed by atoms with Gasteiger partial charge in [0.05, 0.1) is 6.61 Å². The molecule has 3 heteroatoms. The summed E-state index contributed by atoms with van der Waals surface area (Å²) in [5.41, 5.74) is 2.42. The van der Waals surface area contributed by atoms with Crippen LogP contribution in [0.5, 0.6) is 11.5 Å². The van der Waals surface area contributed by atoms with Gasteiger partial charge in [-0.1, -0.05) is 68.5 Å². The number of rotatable bonds is 8. The molecule has 1 saturated carbocycles. The summed E-state index contributed by atoms with van der Waals surface area (Å²) in [4.78, 5) is 0. The van der Waals surface area contributed by atoms with Crippen molar-refractivity contribution in [3.63, 3.8) is 0 Å². The van der Waals surface area contributed by atoms with Crippen LogP contribution in [-0.2, 0) is 13.2 Å². The minimum Gasteiger partial charge on any atom is -0.490 e. The van der Waals surface area contributed by atoms with Crippen molar-refractivity contribution < 1.29 is 9.47 Å². The van der Waals surface area contributed by atoms with E-state index >= 15 is 0 Å². The van der Waals surface area contributed by atoms with E-state index in [1.54, 1.807) is 0 Å². The van der Waals surface area contributed by atoms with E-state index in [0.29, 0.717) is 19.3 Å². The molecule has 0 amide bonds. The van der Waals surface area contributed by atoms with Crippen LogP contribution in [0.25, 0.3) is 0 Å². The van der Waals surface area contributed by atoms with Crippen LogP contribution in [0, 0.1) is 0 Å². The maximum absolute atomic E-state index is 6.01. The zero-order chi connectivity index (χ0) is 18.7. The van der Waals surface area contributed by atoms with Gasteiger partial charge in [0.25, 0.3) is 0 Å². The average molecular weight is 368 g/mol. The van der Waals surface area contributed by atoms with Gasteiger partial charge in [-0.25, -0.2) is 0 Å². The minimum absolute atomic E-state index is 0.556. The van der Waals surface area contributed by atoms with Gasteiger partial charge in [0.1, 0.15) is 6.61 Å². The van der Waals surface area contributed by atoms with E-state index in [-0.39, 0.29) is 0 Å². The highest BCUT2D eigenvalue weighted by molar-refractivity contribution is 5.43. The van der Waals surface area contributed by atoms with E-state index in [4.69, 9.17) is 9.47 Å². The maximum atomic E-state index is 6.01. The van der Waals surface area contributed by atoms with Gasteiger partial charge in [0, 0.05) is 12.6 Å². The smallest absolute Gasteiger partial charge is 0.161 e. The summed E-state index contributed by atoms with van der Waals surface area (Å²) in [6.07, 6.45) is 9.50. The Labute approximate surface area is 164 Å². The van der Waals surface area contributed by atoms with Gasteiger partial charge in [-0.05, 0) is 43.0 Å². The Morgan fingerprint density at radius 2 is 1.56 bits per heavy atom. The van der Waals surface area contributed by atoms with Crippen molar-refractivity contribution in [1.29, 1.82) is 0 Å². The van der Waals surface area contributed by atoms with Crippen molar-refractivity contribution in [3.8, 4) is 11.5 Å². The van der Waals surface area contributed by atoms with Crippen molar-refractivity contribution in [2.45, 2.75) is 71.1 Å². The van der Waals surface area contributed by atoms with Crippen LogP contribution in [0.2, 0.25) is 0 Å². The molecule has 0 heterocycles. The quantitative estimate of drug-likeness (QED) is 0.633. The molecule has 3 nitrogen and oxygen atoms in total. The third-order valence-electron chi connectivity index (χ3n) is 5.25. The lowest BCUT2D eigenvalue weighted by Crippen LogP contribution is -2.29. The van der Waals surface area contributed by atoms with Crippen molar-refractivity contribution in [3.05, 3.63) is 59.7 Å². The van der Waals surface area contributed by atoms with Crippen LogP contribution in [0.4, 0.5) is 0 Å². The van der Waals surface area contributed by atoms with E-state index in [9.17, 15) is 0 Å². The van der Waals surface area contributed by atoms with Crippen molar-refractivity contribution in [2.24, 2.45) is 0 Å². The monoisotopic (exact) mass is 367 g/mol. The van der Waals surface area contributed by atoms with Crippen LogP contribution < -0.4 is 14.8 Å². The highest BCUT2D eigenvalue weighted by Gasteiger charge is 2.12. The van der Waals surface area contributed by atoms with E-state index in [1.807, 2.05) is 31.2 Å². The Bertz CT molecular complexity index is 663. The molecule has 1 aliphatic rings. The Morgan fingerprint density at radius 1 is 0.815 bits per heavy atom. The molecule has 2 aromatic carbocycles. The Balaban J connectivity index is 1.58. The standard InChI is InChI=1S/C24H33NO2/c1-2-26-24-17-21(18-25-22-13-9-4-3-5-10-14-22)15-16-23(24)27-19-20-11-7-6-8-12-20/h6-8,11-12,15-17,22,25H,2-5,9-10,13-14,18-19H2,1H3. The first-order chi connectivity index (χ1) is 13.3. The first-order valence-corrected chi connectivity index (χ1v) is 10.5. The molecule has 0 bridgehead atoms. The fraction of sp³-hybridized carbons (Fsp3) is 0.500. The van der Waals surface area contributed by atoms with Crippen LogP contribution in [0.3, 0.4) is 0 Å². The summed E-state index contributed by atoms with van der Waals surface area (Å²) >= 11 is 0. The van der Waals surface area contributed by atoms with Gasteiger partial charge in [0.15, 0.2) is 11.5 Å². The van der Waals surface area contributed by atoms with Crippen LogP contribution in [0.15, 0.2) is 48.5 Å². The van der Waals surface area contributed by atoms with E-state index in [2.05, 4.69) is 29.6 Å². The second kappa shape index (κ2) is 11.0. The lowest BCUT2D eigenvalue weighted by Gasteiger charge is -2.21. The van der Waals surface area contributed by atoms with Crippen molar-refractivity contribution >= 4 is 0 Å². The van der Waals surface area contributed by atoms with E-state index < -0.39 is 0 Å². The molecule has 0 aliphatic heterocycles. The third kappa shape index (κ3) is 6.59. The predicted octanol–water partition coefficient (Wildman–Crippen LogP) is 5.87. The summed E-state index contributed by atoms with van der Waals surface area (Å²) in [6, 6.07) is 17.2. The average Bonchev–Trinajstić information content (AvgIpc) is 2.67. The number of ether oxygens (including phenoxy) is 2. The van der Waals surface area contributed by atoms with Gasteiger partial charge in [-0.2, -0.15) is 0 Å². The molecular formula is C24H33NO2. The topological polar surface area (TPSA) is 30.5 Å². The van der Waals surface area contributed by atoms with E-state index in [0.717, 1.165) is 23.6 Å². The normalized spacial score (nSPS) is 15.7. The molecule has 1 aliphatic carbocycles. The molecule has 0 aromatic heterocycles. The predicted molar refractivity (Wildman–Crippen MR) is 111 cm³/mol. The van der Waals surface area contributed by atoms with Crippen LogP contribution >= 0.6 is 0 Å². The lowest BCUT2D eigenvalue weighted by atomic mass is 9.96. The Kier molecular flexibility index (Phi) is 8.03. The molecule has 0 radical (unpaired) electrons. The summed E-state index contributed by atoms with van der Waals surface area (Å²) < 4.78 is 11.9. The fourth-order valence-electron chi connectivity index (χ4n) is 3.71. The van der Waals surface area contributed by atoms with Crippen molar-refractivity contribution in [2.75, 3.05) is 6.61 Å². The molecule has 1 N–H and O–H groups in total. The Hall–Kier alpha value is -2.00. The van der Waals surface area contributed by atoms with Crippen LogP contribution in [0.1, 0.15) is 63.0 Å². The second-order valence-electron chi connectivity index (χ2n) is 7.41. The zero-order valence-electron chi connectivity index (χ0n) is 16.6. The van der Waals surface area contributed by atoms with Gasteiger partial charge in [-0.3, -0.25) is 0 Å². The third-order valence-corrected chi connectivity index (χ3v) is 5.25. The Morgan fingerprint density at radius 3 is 2.30 bits per heavy atom. The summed E-state index contributed by atoms with van der Waals surface area (Å²) in [5, 5.41) is 3.76. The second-order valence-corrected chi connectivity index (χ2v) is 7.41. The SMILES string of the molecule is CCOc1cc(CNC2CCCCCCC2)ccc1OCc1ccccc1. The highest BCUT2D eigenvalue weighted by atomic mass is 16.5. The maximum Gasteiger partial charge on any atom is 0.161 e. The van der Waals surface area contributed by atoms with Crippen molar-refractivity contribution in [1.82, 2.24) is 5.32 Å². The number of hydrogen-bond donors (Lipinski definition) is 1. The molecule has 0 spiro atoms. The van der Waals surface area contributed by atoms with Gasteiger partial charge in [0.2, 0.25) is 0 Å². The molecule has 27 heavy (non-hydrogen) atoms. The first kappa shape index (κ1) is 19.8. The molecule has 0 unspecified atom stereocenters. The first-order valence-electron chi connectivity index (χ1n) is 10.5. The molecule has 1 fully saturated rings. The summed E-state index contributed by atoms with van der Waals surface area (Å²) in [7, 11) is 0. The lowest BCUT2D eigenvalue weighted by molar-refractivity contribution is 0.269. The molecule has 0 saturated heterocycles. The molecule has 2 aromatic rings. The van der Waals surface area contributed by atoms with Crippen LogP contribution in [-0.4, -0.2) is 12.6 Å². The largest absolute Gasteiger partial charge is 0.490 e.